The zero-order valence-corrected chi connectivity index (χ0v) is 17.5. The van der Waals surface area contributed by atoms with Crippen molar-refractivity contribution in [3.63, 3.8) is 0 Å². The molecule has 2 aromatic rings. The Labute approximate surface area is 176 Å². The molecule has 1 aliphatic rings. The number of amides is 1. The van der Waals surface area contributed by atoms with Gasteiger partial charge in [-0.15, -0.1) is 0 Å². The predicted molar refractivity (Wildman–Crippen MR) is 114 cm³/mol. The molecule has 1 atom stereocenters. The van der Waals surface area contributed by atoms with E-state index in [0.29, 0.717) is 18.5 Å². The zero-order chi connectivity index (χ0) is 21.5. The van der Waals surface area contributed by atoms with Crippen molar-refractivity contribution in [2.75, 3.05) is 51.7 Å². The highest BCUT2D eigenvalue weighted by Gasteiger charge is 2.27. The number of carbonyl (C=O) groups excluding carboxylic acids is 2. The highest BCUT2D eigenvalue weighted by molar-refractivity contribution is 6.00. The number of halogens is 1. The minimum absolute atomic E-state index is 0.312. The van der Waals surface area contributed by atoms with E-state index in [2.05, 4.69) is 21.9 Å². The van der Waals surface area contributed by atoms with Crippen molar-refractivity contribution in [2.24, 2.45) is 0 Å². The van der Waals surface area contributed by atoms with Crippen molar-refractivity contribution in [3.05, 3.63) is 66.0 Å². The van der Waals surface area contributed by atoms with Crippen LogP contribution in [0.25, 0.3) is 0 Å². The van der Waals surface area contributed by atoms with Crippen molar-refractivity contribution >= 4 is 17.6 Å². The second-order valence-electron chi connectivity index (χ2n) is 7.59. The van der Waals surface area contributed by atoms with Crippen molar-refractivity contribution in [1.29, 1.82) is 0 Å². The van der Waals surface area contributed by atoms with Crippen LogP contribution in [0.15, 0.2) is 54.6 Å². The SMILES string of the molecule is CN(C)C(=O)OC(CCN1CCN(c2ccccc2)CC1)C(=O)c1ccc(F)cc1. The predicted octanol–water partition coefficient (Wildman–Crippen LogP) is 3.29. The van der Waals surface area contributed by atoms with Crippen LogP contribution in [0.2, 0.25) is 0 Å². The Hall–Kier alpha value is -2.93. The Bertz CT molecular complexity index is 835. The fourth-order valence-corrected chi connectivity index (χ4v) is 3.44. The molecule has 0 radical (unpaired) electrons. The third-order valence-corrected chi connectivity index (χ3v) is 5.23. The molecule has 160 valence electrons. The summed E-state index contributed by atoms with van der Waals surface area (Å²) in [5, 5.41) is 0. The fraction of sp³-hybridized carbons (Fsp3) is 0.391. The van der Waals surface area contributed by atoms with E-state index in [1.807, 2.05) is 18.2 Å². The van der Waals surface area contributed by atoms with Crippen LogP contribution in [-0.4, -0.2) is 74.6 Å². The van der Waals surface area contributed by atoms with Crippen molar-refractivity contribution in [3.8, 4) is 0 Å². The second kappa shape index (κ2) is 10.2. The second-order valence-corrected chi connectivity index (χ2v) is 7.59. The molecule has 0 aromatic heterocycles. The molecular formula is C23H28FN3O3. The molecule has 1 unspecified atom stereocenters. The van der Waals surface area contributed by atoms with E-state index >= 15 is 0 Å². The van der Waals surface area contributed by atoms with Crippen molar-refractivity contribution in [1.82, 2.24) is 9.80 Å². The van der Waals surface area contributed by atoms with Gasteiger partial charge in [0.15, 0.2) is 6.10 Å². The minimum atomic E-state index is -0.905. The van der Waals surface area contributed by atoms with E-state index < -0.39 is 18.0 Å². The van der Waals surface area contributed by atoms with Crippen LogP contribution in [0.3, 0.4) is 0 Å². The number of para-hydroxylation sites is 1. The first kappa shape index (κ1) is 21.8. The van der Waals surface area contributed by atoms with E-state index in [1.165, 1.54) is 34.9 Å². The van der Waals surface area contributed by atoms with E-state index in [0.717, 1.165) is 26.2 Å². The van der Waals surface area contributed by atoms with E-state index in [1.54, 1.807) is 14.1 Å². The largest absolute Gasteiger partial charge is 0.438 e. The third-order valence-electron chi connectivity index (χ3n) is 5.23. The van der Waals surface area contributed by atoms with Crippen molar-refractivity contribution < 1.29 is 18.7 Å². The summed E-state index contributed by atoms with van der Waals surface area (Å²) in [4.78, 5) is 30.8. The van der Waals surface area contributed by atoms with Crippen LogP contribution >= 0.6 is 0 Å². The van der Waals surface area contributed by atoms with Gasteiger partial charge in [0.25, 0.3) is 0 Å². The molecule has 6 nitrogen and oxygen atoms in total. The topological polar surface area (TPSA) is 53.1 Å². The smallest absolute Gasteiger partial charge is 0.409 e. The lowest BCUT2D eigenvalue weighted by Gasteiger charge is -2.36. The maximum Gasteiger partial charge on any atom is 0.409 e. The van der Waals surface area contributed by atoms with Gasteiger partial charge in [-0.1, -0.05) is 18.2 Å². The lowest BCUT2D eigenvalue weighted by Crippen LogP contribution is -2.47. The number of ether oxygens (including phenoxy) is 1. The molecule has 0 aliphatic carbocycles. The average Bonchev–Trinajstić information content (AvgIpc) is 2.77. The molecule has 0 saturated carbocycles. The van der Waals surface area contributed by atoms with Gasteiger partial charge >= 0.3 is 6.09 Å². The molecule has 7 heteroatoms. The van der Waals surface area contributed by atoms with Crippen LogP contribution in [-0.2, 0) is 4.74 Å². The molecule has 1 heterocycles. The monoisotopic (exact) mass is 413 g/mol. The van der Waals surface area contributed by atoms with Gasteiger partial charge in [0.2, 0.25) is 5.78 Å². The zero-order valence-electron chi connectivity index (χ0n) is 17.5. The highest BCUT2D eigenvalue weighted by Crippen LogP contribution is 2.17. The van der Waals surface area contributed by atoms with Gasteiger partial charge in [-0.25, -0.2) is 9.18 Å². The van der Waals surface area contributed by atoms with Crippen LogP contribution in [0.5, 0.6) is 0 Å². The number of benzene rings is 2. The van der Waals surface area contributed by atoms with E-state index in [-0.39, 0.29) is 5.78 Å². The van der Waals surface area contributed by atoms with Gasteiger partial charge in [0.1, 0.15) is 5.82 Å². The molecule has 0 spiro atoms. The summed E-state index contributed by atoms with van der Waals surface area (Å²) in [5.41, 5.74) is 1.54. The first-order valence-electron chi connectivity index (χ1n) is 10.1. The molecule has 1 amide bonds. The molecule has 30 heavy (non-hydrogen) atoms. The lowest BCUT2D eigenvalue weighted by molar-refractivity contribution is 0.0486. The van der Waals surface area contributed by atoms with Crippen LogP contribution in [0.1, 0.15) is 16.8 Å². The van der Waals surface area contributed by atoms with Crippen LogP contribution in [0.4, 0.5) is 14.9 Å². The molecule has 0 bridgehead atoms. The Balaban J connectivity index is 1.58. The Kier molecular flexibility index (Phi) is 7.41. The highest BCUT2D eigenvalue weighted by atomic mass is 19.1. The van der Waals surface area contributed by atoms with Gasteiger partial charge in [0.05, 0.1) is 0 Å². The van der Waals surface area contributed by atoms with Crippen molar-refractivity contribution in [2.45, 2.75) is 12.5 Å². The quantitative estimate of drug-likeness (QED) is 0.652. The summed E-state index contributed by atoms with van der Waals surface area (Å²) in [6.45, 7) is 4.18. The summed E-state index contributed by atoms with van der Waals surface area (Å²) in [7, 11) is 3.15. The van der Waals surface area contributed by atoms with Gasteiger partial charge in [0, 0.05) is 64.5 Å². The molecule has 0 N–H and O–H groups in total. The number of Topliss-reactive ketones (excluding diaryl/α,β-unsaturated/α-hetero) is 1. The minimum Gasteiger partial charge on any atom is -0.438 e. The fourth-order valence-electron chi connectivity index (χ4n) is 3.44. The lowest BCUT2D eigenvalue weighted by atomic mass is 10.0. The number of rotatable bonds is 7. The number of anilines is 1. The van der Waals surface area contributed by atoms with Gasteiger partial charge in [-0.3, -0.25) is 9.69 Å². The molecule has 1 aliphatic heterocycles. The Morgan fingerprint density at radius 2 is 1.63 bits per heavy atom. The van der Waals surface area contributed by atoms with Gasteiger partial charge in [-0.2, -0.15) is 0 Å². The maximum atomic E-state index is 13.2. The Morgan fingerprint density at radius 3 is 2.23 bits per heavy atom. The van der Waals surface area contributed by atoms with E-state index in [4.69, 9.17) is 4.74 Å². The molecular weight excluding hydrogens is 385 g/mol. The number of piperazine rings is 1. The van der Waals surface area contributed by atoms with Crippen LogP contribution in [0, 0.1) is 5.82 Å². The third kappa shape index (κ3) is 5.79. The molecule has 3 rings (SSSR count). The Morgan fingerprint density at radius 1 is 1.00 bits per heavy atom. The average molecular weight is 413 g/mol. The standard InChI is InChI=1S/C23H28FN3O3/c1-25(2)23(29)30-21(22(28)18-8-10-19(24)11-9-18)12-13-26-14-16-27(17-15-26)20-6-4-3-5-7-20/h3-11,21H,12-17H2,1-2H3. The number of hydrogen-bond donors (Lipinski definition) is 0. The summed E-state index contributed by atoms with van der Waals surface area (Å²) in [5.74, 6) is -0.724. The van der Waals surface area contributed by atoms with Gasteiger partial charge < -0.3 is 14.5 Å². The van der Waals surface area contributed by atoms with Crippen LogP contribution < -0.4 is 4.90 Å². The summed E-state index contributed by atoms with van der Waals surface area (Å²) < 4.78 is 18.6. The van der Waals surface area contributed by atoms with Gasteiger partial charge in [-0.05, 0) is 36.4 Å². The number of hydrogen-bond acceptors (Lipinski definition) is 5. The summed E-state index contributed by atoms with van der Waals surface area (Å²) >= 11 is 0. The first-order chi connectivity index (χ1) is 14.4. The summed E-state index contributed by atoms with van der Waals surface area (Å²) in [6, 6.07) is 15.6. The molecule has 1 fully saturated rings. The first-order valence-corrected chi connectivity index (χ1v) is 10.1. The summed E-state index contributed by atoms with van der Waals surface area (Å²) in [6.07, 6.45) is -1.08. The molecule has 2 aromatic carbocycles. The number of ketones is 1. The normalized spacial score (nSPS) is 15.5. The number of carbonyl (C=O) groups is 2. The maximum absolute atomic E-state index is 13.2. The molecule has 1 saturated heterocycles. The van der Waals surface area contributed by atoms with E-state index in [9.17, 15) is 14.0 Å². The number of nitrogens with zero attached hydrogens (tertiary/aromatic N) is 3.